The molecule has 3 saturated carbocycles. The Morgan fingerprint density at radius 2 is 1.96 bits per heavy atom. The van der Waals surface area contributed by atoms with Crippen molar-refractivity contribution in [2.24, 2.45) is 46.3 Å². The fraction of sp³-hybridized carbons (Fsp3) is 0.880. The van der Waals surface area contributed by atoms with Gasteiger partial charge in [-0.05, 0) is 92.3 Å². The minimum absolute atomic E-state index is 0.0861. The number of aliphatic hydroxyl groups excluding tert-OH is 1. The Balaban J connectivity index is 1.62. The van der Waals surface area contributed by atoms with Crippen molar-refractivity contribution >= 4 is 5.97 Å². The summed E-state index contributed by atoms with van der Waals surface area (Å²) >= 11 is 0. The number of carboxylic acid groups (broad SMARTS) is 1. The SMILES string of the molecule is C[C@@H]1CC[C@]2(C)C3=CC(O)[C@]4(C)[C@@H]([C@H](C)CCC(=O)O)CC[C@H]4[C@@H]3CC[C@@H]2C1. The van der Waals surface area contributed by atoms with Crippen molar-refractivity contribution in [1.29, 1.82) is 0 Å². The molecule has 4 rings (SSSR count). The number of fused-ring (bicyclic) bond motifs is 5. The van der Waals surface area contributed by atoms with Crippen LogP contribution in [0, 0.1) is 46.3 Å². The molecule has 3 heteroatoms. The molecule has 2 N–H and O–H groups in total. The van der Waals surface area contributed by atoms with Crippen LogP contribution in [0.2, 0.25) is 0 Å². The number of hydrogen-bond acceptors (Lipinski definition) is 2. The molecule has 0 aromatic carbocycles. The van der Waals surface area contributed by atoms with Crippen LogP contribution >= 0.6 is 0 Å². The molecule has 1 unspecified atom stereocenters. The molecule has 4 aliphatic rings. The second kappa shape index (κ2) is 7.15. The van der Waals surface area contributed by atoms with Crippen LogP contribution in [0.3, 0.4) is 0 Å². The fourth-order valence-electron chi connectivity index (χ4n) is 8.25. The Hall–Kier alpha value is -0.830. The molecule has 0 aliphatic heterocycles. The first kappa shape index (κ1) is 20.4. The fourth-order valence-corrected chi connectivity index (χ4v) is 8.25. The third kappa shape index (κ3) is 2.99. The van der Waals surface area contributed by atoms with Gasteiger partial charge in [-0.15, -0.1) is 0 Å². The van der Waals surface area contributed by atoms with Crippen molar-refractivity contribution in [2.75, 3.05) is 0 Å². The highest BCUT2D eigenvalue weighted by atomic mass is 16.4. The van der Waals surface area contributed by atoms with Crippen molar-refractivity contribution in [2.45, 2.75) is 91.6 Å². The van der Waals surface area contributed by atoms with E-state index in [-0.39, 0.29) is 17.9 Å². The van der Waals surface area contributed by atoms with E-state index in [1.165, 1.54) is 38.5 Å². The second-order valence-electron chi connectivity index (χ2n) is 11.3. The predicted octanol–water partition coefficient (Wildman–Crippen LogP) is 5.67. The molecule has 3 nitrogen and oxygen atoms in total. The van der Waals surface area contributed by atoms with E-state index < -0.39 is 5.97 Å². The number of carbonyl (C=O) groups is 1. The standard InChI is InChI=1S/C25H40O3/c1-15-11-12-24(3)17(13-15)6-7-18-20-9-8-19(16(2)5-10-23(27)28)25(20,4)22(26)14-21(18)24/h14-20,22,26H,5-13H2,1-4H3,(H,27,28)/t15-,16-,17-,18+,19-,20+,22?,24+,25-/m1/s1. The summed E-state index contributed by atoms with van der Waals surface area (Å²) in [5, 5.41) is 20.5. The Morgan fingerprint density at radius 3 is 2.68 bits per heavy atom. The molecule has 0 aromatic rings. The zero-order valence-corrected chi connectivity index (χ0v) is 18.3. The van der Waals surface area contributed by atoms with Gasteiger partial charge in [0.05, 0.1) is 6.10 Å². The summed E-state index contributed by atoms with van der Waals surface area (Å²) in [7, 11) is 0. The maximum absolute atomic E-state index is 11.4. The van der Waals surface area contributed by atoms with Crippen LogP contribution in [0.15, 0.2) is 11.6 Å². The largest absolute Gasteiger partial charge is 0.481 e. The van der Waals surface area contributed by atoms with Gasteiger partial charge >= 0.3 is 5.97 Å². The van der Waals surface area contributed by atoms with E-state index in [2.05, 4.69) is 33.8 Å². The van der Waals surface area contributed by atoms with E-state index in [4.69, 9.17) is 5.11 Å². The third-order valence-corrected chi connectivity index (χ3v) is 9.98. The van der Waals surface area contributed by atoms with Crippen molar-refractivity contribution in [3.05, 3.63) is 11.6 Å². The lowest BCUT2D eigenvalue weighted by Gasteiger charge is -2.58. The molecule has 9 atom stereocenters. The van der Waals surface area contributed by atoms with Gasteiger partial charge in [0, 0.05) is 11.8 Å². The van der Waals surface area contributed by atoms with Gasteiger partial charge in [0.2, 0.25) is 0 Å². The Bertz CT molecular complexity index is 654. The number of aliphatic carboxylic acids is 1. The highest BCUT2D eigenvalue weighted by molar-refractivity contribution is 5.66. The second-order valence-corrected chi connectivity index (χ2v) is 11.3. The van der Waals surface area contributed by atoms with Crippen LogP contribution in [-0.4, -0.2) is 22.3 Å². The van der Waals surface area contributed by atoms with Gasteiger partial charge in [0.25, 0.3) is 0 Å². The molecule has 0 aromatic heterocycles. The van der Waals surface area contributed by atoms with Crippen LogP contribution in [0.1, 0.15) is 85.5 Å². The molecular weight excluding hydrogens is 348 g/mol. The van der Waals surface area contributed by atoms with Crippen LogP contribution in [0.25, 0.3) is 0 Å². The first-order chi connectivity index (χ1) is 13.2. The van der Waals surface area contributed by atoms with Gasteiger partial charge in [-0.3, -0.25) is 4.79 Å². The molecule has 0 radical (unpaired) electrons. The van der Waals surface area contributed by atoms with E-state index in [0.29, 0.717) is 29.1 Å². The summed E-state index contributed by atoms with van der Waals surface area (Å²) in [6.07, 6.45) is 11.9. The lowest BCUT2D eigenvalue weighted by atomic mass is 9.47. The lowest BCUT2D eigenvalue weighted by molar-refractivity contribution is -0.137. The molecule has 0 bridgehead atoms. The van der Waals surface area contributed by atoms with Crippen molar-refractivity contribution in [3.63, 3.8) is 0 Å². The van der Waals surface area contributed by atoms with Crippen LogP contribution in [-0.2, 0) is 4.79 Å². The van der Waals surface area contributed by atoms with Gasteiger partial charge in [-0.1, -0.05) is 39.3 Å². The van der Waals surface area contributed by atoms with Crippen LogP contribution in [0.4, 0.5) is 0 Å². The van der Waals surface area contributed by atoms with E-state index in [9.17, 15) is 9.90 Å². The van der Waals surface area contributed by atoms with Crippen molar-refractivity contribution in [3.8, 4) is 0 Å². The zero-order chi connectivity index (χ0) is 20.3. The Labute approximate surface area is 171 Å². The lowest BCUT2D eigenvalue weighted by Crippen LogP contribution is -2.53. The summed E-state index contributed by atoms with van der Waals surface area (Å²) in [6.45, 7) is 9.45. The summed E-state index contributed by atoms with van der Waals surface area (Å²) < 4.78 is 0. The van der Waals surface area contributed by atoms with Gasteiger partial charge in [-0.2, -0.15) is 0 Å². The third-order valence-electron chi connectivity index (χ3n) is 9.98. The summed E-state index contributed by atoms with van der Waals surface area (Å²) in [5.41, 5.74) is 1.81. The molecule has 3 fully saturated rings. The first-order valence-corrected chi connectivity index (χ1v) is 11.8. The maximum atomic E-state index is 11.4. The summed E-state index contributed by atoms with van der Waals surface area (Å²) in [4.78, 5) is 11.1. The molecule has 0 heterocycles. The van der Waals surface area contributed by atoms with Gasteiger partial charge in [-0.25, -0.2) is 0 Å². The van der Waals surface area contributed by atoms with E-state index >= 15 is 0 Å². The van der Waals surface area contributed by atoms with Gasteiger partial charge in [0.15, 0.2) is 0 Å². The zero-order valence-electron chi connectivity index (χ0n) is 18.3. The quantitative estimate of drug-likeness (QED) is 0.610. The normalized spacial score (nSPS) is 48.8. The predicted molar refractivity (Wildman–Crippen MR) is 112 cm³/mol. The molecule has 0 saturated heterocycles. The van der Waals surface area contributed by atoms with Gasteiger partial charge in [0.1, 0.15) is 0 Å². The summed E-state index contributed by atoms with van der Waals surface area (Å²) in [6, 6.07) is 0. The maximum Gasteiger partial charge on any atom is 0.303 e. The average Bonchev–Trinajstić information content (AvgIpc) is 3.00. The number of carboxylic acids is 1. The number of hydrogen-bond donors (Lipinski definition) is 2. The van der Waals surface area contributed by atoms with E-state index in [1.807, 2.05) is 0 Å². The molecule has 0 amide bonds. The minimum Gasteiger partial charge on any atom is -0.481 e. The number of aliphatic hydroxyl groups is 1. The monoisotopic (exact) mass is 388 g/mol. The molecule has 158 valence electrons. The minimum atomic E-state index is -0.698. The number of allylic oxidation sites excluding steroid dienone is 1. The summed E-state index contributed by atoms with van der Waals surface area (Å²) in [5.74, 6) is 2.94. The van der Waals surface area contributed by atoms with E-state index in [1.54, 1.807) is 5.57 Å². The highest BCUT2D eigenvalue weighted by Crippen LogP contribution is 2.66. The topological polar surface area (TPSA) is 57.5 Å². The molecule has 28 heavy (non-hydrogen) atoms. The van der Waals surface area contributed by atoms with Crippen molar-refractivity contribution in [1.82, 2.24) is 0 Å². The molecular formula is C25H40O3. The highest BCUT2D eigenvalue weighted by Gasteiger charge is 2.60. The smallest absolute Gasteiger partial charge is 0.303 e. The van der Waals surface area contributed by atoms with Crippen molar-refractivity contribution < 1.29 is 15.0 Å². The van der Waals surface area contributed by atoms with Crippen LogP contribution in [0.5, 0.6) is 0 Å². The average molecular weight is 389 g/mol. The van der Waals surface area contributed by atoms with Crippen LogP contribution < -0.4 is 0 Å². The van der Waals surface area contributed by atoms with Gasteiger partial charge < -0.3 is 10.2 Å². The Kier molecular flexibility index (Phi) is 5.22. The number of rotatable bonds is 4. The van der Waals surface area contributed by atoms with E-state index in [0.717, 1.165) is 24.7 Å². The first-order valence-electron chi connectivity index (χ1n) is 11.8. The molecule has 4 aliphatic carbocycles. The molecule has 0 spiro atoms. The Morgan fingerprint density at radius 1 is 1.21 bits per heavy atom.